The van der Waals surface area contributed by atoms with Gasteiger partial charge in [0.2, 0.25) is 0 Å². The fourth-order valence-electron chi connectivity index (χ4n) is 2.92. The van der Waals surface area contributed by atoms with Crippen molar-refractivity contribution in [3.8, 4) is 17.6 Å². The van der Waals surface area contributed by atoms with Crippen LogP contribution in [0, 0.1) is 17.8 Å². The summed E-state index contributed by atoms with van der Waals surface area (Å²) < 4.78 is 5.93. The molecule has 0 heterocycles. The molecule has 1 aliphatic carbocycles. The number of aliphatic hydroxyl groups excluding tert-OH is 1. The monoisotopic (exact) mass is 280 g/mol. The molecule has 21 heavy (non-hydrogen) atoms. The Balaban J connectivity index is 1.73. The van der Waals surface area contributed by atoms with Crippen molar-refractivity contribution in [3.05, 3.63) is 42.0 Å². The van der Waals surface area contributed by atoms with Crippen molar-refractivity contribution in [2.75, 3.05) is 13.2 Å². The van der Waals surface area contributed by atoms with E-state index in [4.69, 9.17) is 9.84 Å². The Kier molecular flexibility index (Phi) is 4.43. The molecule has 0 bridgehead atoms. The van der Waals surface area contributed by atoms with Crippen LogP contribution in [-0.2, 0) is 0 Å². The van der Waals surface area contributed by atoms with E-state index in [2.05, 4.69) is 30.0 Å². The zero-order valence-electron chi connectivity index (χ0n) is 12.1. The molecule has 1 fully saturated rings. The van der Waals surface area contributed by atoms with Gasteiger partial charge in [-0.2, -0.15) is 0 Å². The summed E-state index contributed by atoms with van der Waals surface area (Å²) in [6, 6.07) is 12.3. The van der Waals surface area contributed by atoms with E-state index in [-0.39, 0.29) is 6.61 Å². The van der Waals surface area contributed by atoms with Gasteiger partial charge >= 0.3 is 0 Å². The van der Waals surface area contributed by atoms with E-state index in [0.717, 1.165) is 34.6 Å². The second kappa shape index (κ2) is 6.65. The van der Waals surface area contributed by atoms with E-state index in [1.807, 2.05) is 18.2 Å². The van der Waals surface area contributed by atoms with Crippen molar-refractivity contribution in [1.29, 1.82) is 0 Å². The van der Waals surface area contributed by atoms with Gasteiger partial charge in [-0.1, -0.05) is 36.8 Å². The molecule has 1 aliphatic rings. The van der Waals surface area contributed by atoms with E-state index in [1.54, 1.807) is 0 Å². The number of ether oxygens (including phenoxy) is 1. The summed E-state index contributed by atoms with van der Waals surface area (Å²) in [6.45, 7) is 0.734. The standard InChI is InChI=1S/C19H20O2/c20-11-3-6-15-7-8-18-13-19(10-9-17(18)12-15)21-14-16-4-1-2-5-16/h7-10,12-13,16,20H,1-2,4-5,11,14H2. The van der Waals surface area contributed by atoms with Gasteiger partial charge in [-0.3, -0.25) is 0 Å². The predicted octanol–water partition coefficient (Wildman–Crippen LogP) is 3.75. The average Bonchev–Trinajstić information content (AvgIpc) is 3.04. The Labute approximate surface area is 125 Å². The molecule has 0 atom stereocenters. The maximum Gasteiger partial charge on any atom is 0.119 e. The summed E-state index contributed by atoms with van der Waals surface area (Å²) in [4.78, 5) is 0. The van der Waals surface area contributed by atoms with Gasteiger partial charge in [-0.15, -0.1) is 0 Å². The summed E-state index contributed by atoms with van der Waals surface area (Å²) in [5.74, 6) is 7.29. The summed E-state index contributed by atoms with van der Waals surface area (Å²) in [5.41, 5.74) is 0.927. The molecule has 0 unspecified atom stereocenters. The molecule has 2 aromatic carbocycles. The van der Waals surface area contributed by atoms with Gasteiger partial charge in [-0.25, -0.2) is 0 Å². The van der Waals surface area contributed by atoms with Crippen molar-refractivity contribution < 1.29 is 9.84 Å². The van der Waals surface area contributed by atoms with E-state index >= 15 is 0 Å². The molecule has 0 aliphatic heterocycles. The van der Waals surface area contributed by atoms with Crippen LogP contribution in [0.1, 0.15) is 31.2 Å². The fourth-order valence-corrected chi connectivity index (χ4v) is 2.92. The van der Waals surface area contributed by atoms with Crippen molar-refractivity contribution in [2.24, 2.45) is 5.92 Å². The maximum absolute atomic E-state index is 8.74. The van der Waals surface area contributed by atoms with Gasteiger partial charge in [0.15, 0.2) is 0 Å². The lowest BCUT2D eigenvalue weighted by molar-refractivity contribution is 0.252. The summed E-state index contributed by atoms with van der Waals surface area (Å²) in [5, 5.41) is 11.0. The Hall–Kier alpha value is -1.98. The summed E-state index contributed by atoms with van der Waals surface area (Å²) in [7, 11) is 0. The van der Waals surface area contributed by atoms with Crippen LogP contribution in [0.5, 0.6) is 5.75 Å². The van der Waals surface area contributed by atoms with Crippen LogP contribution in [0.15, 0.2) is 36.4 Å². The number of fused-ring (bicyclic) bond motifs is 1. The van der Waals surface area contributed by atoms with Crippen LogP contribution in [0.2, 0.25) is 0 Å². The third-order valence-electron chi connectivity index (χ3n) is 4.08. The smallest absolute Gasteiger partial charge is 0.119 e. The van der Waals surface area contributed by atoms with Crippen molar-refractivity contribution in [3.63, 3.8) is 0 Å². The van der Waals surface area contributed by atoms with Crippen LogP contribution < -0.4 is 4.74 Å². The van der Waals surface area contributed by atoms with Gasteiger partial charge in [0.05, 0.1) is 6.61 Å². The Bertz CT molecular complexity index is 673. The molecular formula is C19H20O2. The first-order valence-corrected chi connectivity index (χ1v) is 7.61. The molecule has 1 saturated carbocycles. The highest BCUT2D eigenvalue weighted by molar-refractivity contribution is 5.85. The second-order valence-corrected chi connectivity index (χ2v) is 5.65. The highest BCUT2D eigenvalue weighted by Crippen LogP contribution is 2.27. The highest BCUT2D eigenvalue weighted by atomic mass is 16.5. The molecule has 0 saturated heterocycles. The zero-order chi connectivity index (χ0) is 14.5. The number of benzene rings is 2. The zero-order valence-corrected chi connectivity index (χ0v) is 12.1. The maximum atomic E-state index is 8.74. The molecule has 2 aromatic rings. The quantitative estimate of drug-likeness (QED) is 0.868. The van der Waals surface area contributed by atoms with Gasteiger partial charge < -0.3 is 9.84 Å². The topological polar surface area (TPSA) is 29.5 Å². The molecule has 0 amide bonds. The molecule has 0 spiro atoms. The normalized spacial score (nSPS) is 14.9. The minimum atomic E-state index is -0.105. The minimum Gasteiger partial charge on any atom is -0.493 e. The molecule has 3 rings (SSSR count). The van der Waals surface area contributed by atoms with Gasteiger partial charge in [0, 0.05) is 5.56 Å². The molecular weight excluding hydrogens is 260 g/mol. The van der Waals surface area contributed by atoms with Gasteiger partial charge in [0.25, 0.3) is 0 Å². The van der Waals surface area contributed by atoms with Crippen molar-refractivity contribution in [1.82, 2.24) is 0 Å². The van der Waals surface area contributed by atoms with Crippen LogP contribution >= 0.6 is 0 Å². The van der Waals surface area contributed by atoms with Gasteiger partial charge in [0.1, 0.15) is 12.4 Å². The highest BCUT2D eigenvalue weighted by Gasteiger charge is 2.15. The molecule has 0 aromatic heterocycles. The third-order valence-corrected chi connectivity index (χ3v) is 4.08. The molecule has 108 valence electrons. The number of aliphatic hydroxyl groups is 1. The van der Waals surface area contributed by atoms with E-state index in [9.17, 15) is 0 Å². The number of hydrogen-bond acceptors (Lipinski definition) is 2. The first kappa shape index (κ1) is 14.0. The molecule has 2 heteroatoms. The van der Waals surface area contributed by atoms with Gasteiger partial charge in [-0.05, 0) is 53.8 Å². The summed E-state index contributed by atoms with van der Waals surface area (Å²) >= 11 is 0. The van der Waals surface area contributed by atoms with Crippen LogP contribution in [-0.4, -0.2) is 18.3 Å². The molecule has 0 radical (unpaired) electrons. The van der Waals surface area contributed by atoms with Crippen LogP contribution in [0.25, 0.3) is 10.8 Å². The van der Waals surface area contributed by atoms with Crippen molar-refractivity contribution >= 4 is 10.8 Å². The summed E-state index contributed by atoms with van der Waals surface area (Å²) in [6.07, 6.45) is 5.31. The lowest BCUT2D eigenvalue weighted by Gasteiger charge is -2.12. The lowest BCUT2D eigenvalue weighted by Crippen LogP contribution is -2.07. The SMILES string of the molecule is OCC#Cc1ccc2cc(OCC3CCCC3)ccc2c1. The van der Waals surface area contributed by atoms with E-state index in [1.165, 1.54) is 25.7 Å². The molecule has 2 nitrogen and oxygen atoms in total. The first-order valence-electron chi connectivity index (χ1n) is 7.61. The minimum absolute atomic E-state index is 0.105. The largest absolute Gasteiger partial charge is 0.493 e. The number of hydrogen-bond donors (Lipinski definition) is 1. The van der Waals surface area contributed by atoms with Crippen LogP contribution in [0.4, 0.5) is 0 Å². The molecule has 1 N–H and O–H groups in total. The second-order valence-electron chi connectivity index (χ2n) is 5.65. The van der Waals surface area contributed by atoms with Crippen molar-refractivity contribution in [2.45, 2.75) is 25.7 Å². The fraction of sp³-hybridized carbons (Fsp3) is 0.368. The third kappa shape index (κ3) is 3.56. The van der Waals surface area contributed by atoms with Crippen LogP contribution in [0.3, 0.4) is 0 Å². The Morgan fingerprint density at radius 3 is 2.62 bits per heavy atom. The predicted molar refractivity (Wildman–Crippen MR) is 85.4 cm³/mol. The first-order chi connectivity index (χ1) is 10.3. The average molecular weight is 280 g/mol. The number of rotatable bonds is 3. The van der Waals surface area contributed by atoms with E-state index < -0.39 is 0 Å². The lowest BCUT2D eigenvalue weighted by atomic mass is 10.1. The Morgan fingerprint density at radius 1 is 1.05 bits per heavy atom. The Morgan fingerprint density at radius 2 is 1.81 bits per heavy atom. The van der Waals surface area contributed by atoms with E-state index in [0.29, 0.717) is 0 Å².